The summed E-state index contributed by atoms with van der Waals surface area (Å²) in [6, 6.07) is 14.7. The smallest absolute Gasteiger partial charge is 0.123 e. The van der Waals surface area contributed by atoms with Gasteiger partial charge >= 0.3 is 0 Å². The van der Waals surface area contributed by atoms with Gasteiger partial charge in [0.25, 0.3) is 0 Å². The molecule has 0 atom stereocenters. The van der Waals surface area contributed by atoms with Crippen LogP contribution in [0.5, 0.6) is 0 Å². The van der Waals surface area contributed by atoms with Crippen molar-refractivity contribution in [1.82, 2.24) is 9.47 Å². The number of hydrogen-bond donors (Lipinski definition) is 0. The molecular formula is C21H19ClFN3. The molecule has 1 saturated heterocycles. The molecule has 26 heavy (non-hydrogen) atoms. The summed E-state index contributed by atoms with van der Waals surface area (Å²) in [4.78, 5) is 2.20. The SMILES string of the molecule is N#CCN1CCC(c2cn(-c3ccc(F)cc3)c3cc(Cl)ccc23)CC1. The molecule has 0 bridgehead atoms. The van der Waals surface area contributed by atoms with E-state index in [1.165, 1.54) is 23.1 Å². The van der Waals surface area contributed by atoms with Crippen LogP contribution in [0.25, 0.3) is 16.6 Å². The minimum absolute atomic E-state index is 0.242. The van der Waals surface area contributed by atoms with Gasteiger partial charge in [-0.3, -0.25) is 4.90 Å². The first-order valence-electron chi connectivity index (χ1n) is 8.81. The maximum absolute atomic E-state index is 13.3. The molecule has 1 aliphatic heterocycles. The zero-order valence-electron chi connectivity index (χ0n) is 14.3. The van der Waals surface area contributed by atoms with E-state index in [9.17, 15) is 4.39 Å². The molecule has 0 radical (unpaired) electrons. The van der Waals surface area contributed by atoms with Crippen LogP contribution in [-0.4, -0.2) is 29.1 Å². The number of likely N-dealkylation sites (tertiary alicyclic amines) is 1. The summed E-state index contributed by atoms with van der Waals surface area (Å²) in [5, 5.41) is 10.8. The van der Waals surface area contributed by atoms with Gasteiger partial charge in [0.2, 0.25) is 0 Å². The summed E-state index contributed by atoms with van der Waals surface area (Å²) >= 11 is 6.24. The Morgan fingerprint density at radius 3 is 2.54 bits per heavy atom. The quantitative estimate of drug-likeness (QED) is 0.601. The van der Waals surface area contributed by atoms with Gasteiger partial charge in [-0.1, -0.05) is 17.7 Å². The molecule has 5 heteroatoms. The molecule has 0 N–H and O–H groups in total. The number of piperidine rings is 1. The van der Waals surface area contributed by atoms with Crippen LogP contribution in [0.4, 0.5) is 4.39 Å². The largest absolute Gasteiger partial charge is 0.316 e. The Hall–Kier alpha value is -2.35. The van der Waals surface area contributed by atoms with Crippen LogP contribution in [0.1, 0.15) is 24.3 Å². The van der Waals surface area contributed by atoms with E-state index < -0.39 is 0 Å². The second-order valence-electron chi connectivity index (χ2n) is 6.80. The molecule has 0 unspecified atom stereocenters. The Kier molecular flexibility index (Phi) is 4.67. The zero-order valence-corrected chi connectivity index (χ0v) is 15.1. The average molecular weight is 368 g/mol. The fraction of sp³-hybridized carbons (Fsp3) is 0.286. The fourth-order valence-electron chi connectivity index (χ4n) is 3.87. The summed E-state index contributed by atoms with van der Waals surface area (Å²) in [6.45, 7) is 2.38. The van der Waals surface area contributed by atoms with Gasteiger partial charge in [-0.05, 0) is 73.8 Å². The van der Waals surface area contributed by atoms with Crippen molar-refractivity contribution in [2.75, 3.05) is 19.6 Å². The number of nitrogens with zero attached hydrogens (tertiary/aromatic N) is 3. The van der Waals surface area contributed by atoms with E-state index in [4.69, 9.17) is 16.9 Å². The van der Waals surface area contributed by atoms with Crippen LogP contribution in [0.15, 0.2) is 48.7 Å². The Labute approximate surface area is 157 Å². The van der Waals surface area contributed by atoms with Gasteiger partial charge in [-0.25, -0.2) is 4.39 Å². The Balaban J connectivity index is 1.74. The molecule has 2 aromatic carbocycles. The lowest BCUT2D eigenvalue weighted by molar-refractivity contribution is 0.235. The lowest BCUT2D eigenvalue weighted by atomic mass is 9.89. The molecule has 3 aromatic rings. The van der Waals surface area contributed by atoms with Gasteiger partial charge in [-0.15, -0.1) is 0 Å². The van der Waals surface area contributed by atoms with Crippen molar-refractivity contribution in [2.24, 2.45) is 0 Å². The maximum atomic E-state index is 13.3. The minimum atomic E-state index is -0.242. The molecule has 3 nitrogen and oxygen atoms in total. The summed E-state index contributed by atoms with van der Waals surface area (Å²) in [5.74, 6) is 0.212. The molecule has 1 aromatic heterocycles. The summed E-state index contributed by atoms with van der Waals surface area (Å²) in [6.07, 6.45) is 4.23. The molecule has 1 aliphatic rings. The second-order valence-corrected chi connectivity index (χ2v) is 7.24. The highest BCUT2D eigenvalue weighted by Gasteiger charge is 2.24. The first kappa shape index (κ1) is 17.1. The van der Waals surface area contributed by atoms with Crippen LogP contribution >= 0.6 is 11.6 Å². The Morgan fingerprint density at radius 1 is 1.12 bits per heavy atom. The van der Waals surface area contributed by atoms with Crippen molar-refractivity contribution in [3.63, 3.8) is 0 Å². The highest BCUT2D eigenvalue weighted by molar-refractivity contribution is 6.31. The molecule has 0 amide bonds. The summed E-state index contributed by atoms with van der Waals surface area (Å²) < 4.78 is 15.4. The number of halogens is 2. The van der Waals surface area contributed by atoms with E-state index in [0.717, 1.165) is 37.1 Å². The monoisotopic (exact) mass is 367 g/mol. The third-order valence-electron chi connectivity index (χ3n) is 5.23. The van der Waals surface area contributed by atoms with Crippen LogP contribution in [0, 0.1) is 17.1 Å². The van der Waals surface area contributed by atoms with Gasteiger partial charge in [0, 0.05) is 22.3 Å². The first-order valence-corrected chi connectivity index (χ1v) is 9.19. The number of rotatable bonds is 3. The van der Waals surface area contributed by atoms with Crippen molar-refractivity contribution >= 4 is 22.5 Å². The minimum Gasteiger partial charge on any atom is -0.316 e. The van der Waals surface area contributed by atoms with E-state index in [2.05, 4.69) is 27.8 Å². The standard InChI is InChI=1S/C21H19ClFN3/c22-16-1-6-19-20(15-7-10-25(11-8-15)12-9-24)14-26(21(19)13-16)18-4-2-17(23)3-5-18/h1-6,13-15H,7-8,10-12H2. The molecule has 2 heterocycles. The molecular weight excluding hydrogens is 349 g/mol. The van der Waals surface area contributed by atoms with E-state index in [0.29, 0.717) is 17.5 Å². The molecule has 1 fully saturated rings. The average Bonchev–Trinajstić information content (AvgIpc) is 3.02. The Morgan fingerprint density at radius 2 is 1.85 bits per heavy atom. The van der Waals surface area contributed by atoms with Gasteiger partial charge in [0.15, 0.2) is 0 Å². The van der Waals surface area contributed by atoms with Gasteiger partial charge in [0.05, 0.1) is 18.1 Å². The van der Waals surface area contributed by atoms with Gasteiger partial charge in [0.1, 0.15) is 5.82 Å². The number of nitriles is 1. The lowest BCUT2D eigenvalue weighted by Crippen LogP contribution is -2.33. The lowest BCUT2D eigenvalue weighted by Gasteiger charge is -2.30. The second kappa shape index (κ2) is 7.11. The topological polar surface area (TPSA) is 32.0 Å². The maximum Gasteiger partial charge on any atom is 0.123 e. The van der Waals surface area contributed by atoms with E-state index in [-0.39, 0.29) is 5.82 Å². The fourth-order valence-corrected chi connectivity index (χ4v) is 4.04. The number of aromatic nitrogens is 1. The first-order chi connectivity index (χ1) is 12.7. The van der Waals surface area contributed by atoms with Crippen LogP contribution < -0.4 is 0 Å². The van der Waals surface area contributed by atoms with Crippen molar-refractivity contribution in [1.29, 1.82) is 5.26 Å². The van der Waals surface area contributed by atoms with E-state index >= 15 is 0 Å². The predicted octanol–water partition coefficient (Wildman–Crippen LogP) is 5.13. The van der Waals surface area contributed by atoms with E-state index in [1.54, 1.807) is 12.1 Å². The third kappa shape index (κ3) is 3.21. The number of hydrogen-bond acceptors (Lipinski definition) is 2. The van der Waals surface area contributed by atoms with Crippen molar-refractivity contribution in [2.45, 2.75) is 18.8 Å². The Bertz CT molecular complexity index is 963. The zero-order chi connectivity index (χ0) is 18.1. The molecule has 0 spiro atoms. The van der Waals surface area contributed by atoms with Crippen LogP contribution in [0.2, 0.25) is 5.02 Å². The molecule has 132 valence electrons. The van der Waals surface area contributed by atoms with Gasteiger partial charge in [-0.2, -0.15) is 5.26 Å². The highest BCUT2D eigenvalue weighted by atomic mass is 35.5. The predicted molar refractivity (Wildman–Crippen MR) is 102 cm³/mol. The van der Waals surface area contributed by atoms with Crippen molar-refractivity contribution < 1.29 is 4.39 Å². The van der Waals surface area contributed by atoms with Crippen LogP contribution in [0.3, 0.4) is 0 Å². The number of fused-ring (bicyclic) bond motifs is 1. The summed E-state index contributed by atoms with van der Waals surface area (Å²) in [7, 11) is 0. The molecule has 4 rings (SSSR count). The molecule has 0 saturated carbocycles. The molecule has 0 aliphatic carbocycles. The van der Waals surface area contributed by atoms with Gasteiger partial charge < -0.3 is 4.57 Å². The van der Waals surface area contributed by atoms with E-state index in [1.807, 2.05) is 12.1 Å². The van der Waals surface area contributed by atoms with Crippen molar-refractivity contribution in [3.8, 4) is 11.8 Å². The van der Waals surface area contributed by atoms with Crippen LogP contribution in [-0.2, 0) is 0 Å². The normalized spacial score (nSPS) is 16.0. The summed E-state index contributed by atoms with van der Waals surface area (Å²) in [5.41, 5.74) is 3.27. The third-order valence-corrected chi connectivity index (χ3v) is 5.46. The number of benzene rings is 2. The highest BCUT2D eigenvalue weighted by Crippen LogP contribution is 2.36. The van der Waals surface area contributed by atoms with Crippen molar-refractivity contribution in [3.05, 3.63) is 65.1 Å².